The molecule has 0 spiro atoms. The highest BCUT2D eigenvalue weighted by atomic mass is 35.5. The summed E-state index contributed by atoms with van der Waals surface area (Å²) in [6, 6.07) is 22.2. The van der Waals surface area contributed by atoms with E-state index in [0.29, 0.717) is 16.1 Å². The van der Waals surface area contributed by atoms with Crippen LogP contribution < -0.4 is 0 Å². The standard InChI is InChI=1S/C25H23ClN4O2S/c26-21-9-4-7-19(15-21)24-27-28-25(32-24)33-17-23(31)30-13-11-29(12-14-30)16-20-8-3-6-18-5-1-2-10-22(18)20/h1-10,15H,11-14,16-17H2. The third kappa shape index (κ3) is 5.21. The third-order valence-corrected chi connectivity index (χ3v) is 6.83. The van der Waals surface area contributed by atoms with Crippen LogP contribution in [-0.2, 0) is 11.3 Å². The summed E-state index contributed by atoms with van der Waals surface area (Å²) in [7, 11) is 0. The average Bonchev–Trinajstić information content (AvgIpc) is 3.32. The number of rotatable bonds is 6. The Kier molecular flexibility index (Phi) is 6.62. The summed E-state index contributed by atoms with van der Waals surface area (Å²) < 4.78 is 5.68. The molecule has 0 atom stereocenters. The fraction of sp³-hybridized carbons (Fsp3) is 0.240. The van der Waals surface area contributed by atoms with Crippen molar-refractivity contribution >= 4 is 40.0 Å². The minimum absolute atomic E-state index is 0.0901. The molecule has 2 heterocycles. The molecule has 0 radical (unpaired) electrons. The Balaban J connectivity index is 1.12. The van der Waals surface area contributed by atoms with Gasteiger partial charge in [0.25, 0.3) is 5.22 Å². The van der Waals surface area contributed by atoms with E-state index >= 15 is 0 Å². The second-order valence-corrected chi connectivity index (χ2v) is 9.33. The molecule has 3 aromatic carbocycles. The average molecular weight is 479 g/mol. The van der Waals surface area contributed by atoms with Crippen molar-refractivity contribution in [2.75, 3.05) is 31.9 Å². The number of hydrogen-bond donors (Lipinski definition) is 0. The minimum Gasteiger partial charge on any atom is -0.411 e. The highest BCUT2D eigenvalue weighted by Gasteiger charge is 2.22. The first-order valence-electron chi connectivity index (χ1n) is 10.8. The smallest absolute Gasteiger partial charge is 0.277 e. The van der Waals surface area contributed by atoms with Gasteiger partial charge in [-0.3, -0.25) is 9.69 Å². The quantitative estimate of drug-likeness (QED) is 0.364. The molecule has 6 nitrogen and oxygen atoms in total. The summed E-state index contributed by atoms with van der Waals surface area (Å²) in [6.07, 6.45) is 0. The molecule has 1 amide bonds. The van der Waals surface area contributed by atoms with Gasteiger partial charge in [0.15, 0.2) is 0 Å². The van der Waals surface area contributed by atoms with Gasteiger partial charge < -0.3 is 9.32 Å². The summed E-state index contributed by atoms with van der Waals surface area (Å²) in [5.74, 6) is 0.766. The Bertz CT molecular complexity index is 1260. The van der Waals surface area contributed by atoms with Crippen molar-refractivity contribution in [2.24, 2.45) is 0 Å². The Morgan fingerprint density at radius 3 is 2.61 bits per heavy atom. The molecule has 1 aliphatic heterocycles. The number of fused-ring (bicyclic) bond motifs is 1. The van der Waals surface area contributed by atoms with Crippen molar-refractivity contribution in [3.63, 3.8) is 0 Å². The monoisotopic (exact) mass is 478 g/mol. The Hall–Kier alpha value is -2.87. The van der Waals surface area contributed by atoms with Gasteiger partial charge in [0.2, 0.25) is 11.8 Å². The molecule has 1 saturated heterocycles. The van der Waals surface area contributed by atoms with Crippen LogP contribution in [-0.4, -0.2) is 57.8 Å². The first kappa shape index (κ1) is 21.9. The van der Waals surface area contributed by atoms with Crippen molar-refractivity contribution < 1.29 is 9.21 Å². The molecule has 0 aliphatic carbocycles. The lowest BCUT2D eigenvalue weighted by molar-refractivity contribution is -0.130. The summed E-state index contributed by atoms with van der Waals surface area (Å²) in [6.45, 7) is 4.06. The predicted molar refractivity (Wildman–Crippen MR) is 131 cm³/mol. The molecule has 0 unspecified atom stereocenters. The van der Waals surface area contributed by atoms with Gasteiger partial charge in [0, 0.05) is 43.3 Å². The number of aromatic nitrogens is 2. The zero-order valence-electron chi connectivity index (χ0n) is 18.0. The predicted octanol–water partition coefficient (Wildman–Crippen LogP) is 4.98. The van der Waals surface area contributed by atoms with E-state index < -0.39 is 0 Å². The lowest BCUT2D eigenvalue weighted by Gasteiger charge is -2.34. The Labute approximate surface area is 201 Å². The van der Waals surface area contributed by atoms with E-state index in [2.05, 4.69) is 57.6 Å². The fourth-order valence-electron chi connectivity index (χ4n) is 4.05. The first-order chi connectivity index (χ1) is 16.2. The number of nitrogens with zero attached hydrogens (tertiary/aromatic N) is 4. The van der Waals surface area contributed by atoms with Crippen molar-refractivity contribution in [1.82, 2.24) is 20.0 Å². The number of carbonyl (C=O) groups is 1. The Morgan fingerprint density at radius 1 is 0.970 bits per heavy atom. The molecule has 33 heavy (non-hydrogen) atoms. The number of halogens is 1. The van der Waals surface area contributed by atoms with Crippen LogP contribution in [0, 0.1) is 0 Å². The molecule has 4 aromatic rings. The number of thioether (sulfide) groups is 1. The highest BCUT2D eigenvalue weighted by Crippen LogP contribution is 2.25. The molecular weight excluding hydrogens is 456 g/mol. The van der Waals surface area contributed by atoms with Crippen LogP contribution in [0.15, 0.2) is 76.4 Å². The molecule has 1 aliphatic rings. The molecule has 1 fully saturated rings. The normalized spacial score (nSPS) is 14.6. The second-order valence-electron chi connectivity index (χ2n) is 7.97. The Morgan fingerprint density at radius 2 is 1.76 bits per heavy atom. The van der Waals surface area contributed by atoms with E-state index in [1.807, 2.05) is 17.0 Å². The number of benzene rings is 3. The van der Waals surface area contributed by atoms with Crippen LogP contribution in [0.3, 0.4) is 0 Å². The maximum atomic E-state index is 12.7. The maximum Gasteiger partial charge on any atom is 0.277 e. The lowest BCUT2D eigenvalue weighted by atomic mass is 10.0. The van der Waals surface area contributed by atoms with E-state index in [-0.39, 0.29) is 11.7 Å². The number of carbonyl (C=O) groups excluding carboxylic acids is 1. The van der Waals surface area contributed by atoms with Gasteiger partial charge in [-0.2, -0.15) is 0 Å². The summed E-state index contributed by atoms with van der Waals surface area (Å²) >= 11 is 7.29. The highest BCUT2D eigenvalue weighted by molar-refractivity contribution is 7.99. The first-order valence-corrected chi connectivity index (χ1v) is 12.2. The molecule has 0 bridgehead atoms. The van der Waals surface area contributed by atoms with Crippen molar-refractivity contribution in [2.45, 2.75) is 11.8 Å². The molecule has 1 aromatic heterocycles. The zero-order valence-corrected chi connectivity index (χ0v) is 19.6. The van der Waals surface area contributed by atoms with Crippen LogP contribution in [0.4, 0.5) is 0 Å². The van der Waals surface area contributed by atoms with Gasteiger partial charge in [-0.05, 0) is 34.5 Å². The molecule has 8 heteroatoms. The molecule has 5 rings (SSSR count). The van der Waals surface area contributed by atoms with E-state index in [1.54, 1.807) is 12.1 Å². The van der Waals surface area contributed by atoms with E-state index in [0.717, 1.165) is 38.3 Å². The van der Waals surface area contributed by atoms with Crippen molar-refractivity contribution in [1.29, 1.82) is 0 Å². The van der Waals surface area contributed by atoms with Gasteiger partial charge >= 0.3 is 0 Å². The molecular formula is C25H23ClN4O2S. The largest absolute Gasteiger partial charge is 0.411 e. The van der Waals surface area contributed by atoms with Gasteiger partial charge in [-0.1, -0.05) is 71.9 Å². The van der Waals surface area contributed by atoms with Gasteiger partial charge in [0.1, 0.15) is 0 Å². The minimum atomic E-state index is 0.0901. The number of amides is 1. The van der Waals surface area contributed by atoms with Crippen LogP contribution in [0.2, 0.25) is 5.02 Å². The van der Waals surface area contributed by atoms with Gasteiger partial charge in [-0.15, -0.1) is 10.2 Å². The summed E-state index contributed by atoms with van der Waals surface area (Å²) in [4.78, 5) is 17.0. The van der Waals surface area contributed by atoms with Gasteiger partial charge in [0.05, 0.1) is 5.75 Å². The summed E-state index contributed by atoms with van der Waals surface area (Å²) in [5, 5.41) is 11.7. The fourth-order valence-corrected chi connectivity index (χ4v) is 4.90. The molecule has 0 N–H and O–H groups in total. The number of piperazine rings is 1. The molecule has 168 valence electrons. The molecule has 0 saturated carbocycles. The van der Waals surface area contributed by atoms with Crippen LogP contribution in [0.25, 0.3) is 22.2 Å². The SMILES string of the molecule is O=C(CSc1nnc(-c2cccc(Cl)c2)o1)N1CCN(Cc2cccc3ccccc23)CC1. The third-order valence-electron chi connectivity index (χ3n) is 5.80. The van der Waals surface area contributed by atoms with Crippen LogP contribution in [0.5, 0.6) is 0 Å². The topological polar surface area (TPSA) is 62.5 Å². The lowest BCUT2D eigenvalue weighted by Crippen LogP contribution is -2.48. The van der Waals surface area contributed by atoms with Crippen LogP contribution >= 0.6 is 23.4 Å². The van der Waals surface area contributed by atoms with E-state index in [4.69, 9.17) is 16.0 Å². The number of hydrogen-bond acceptors (Lipinski definition) is 6. The maximum absolute atomic E-state index is 12.7. The second kappa shape index (κ2) is 9.95. The summed E-state index contributed by atoms with van der Waals surface area (Å²) in [5.41, 5.74) is 2.09. The van der Waals surface area contributed by atoms with E-state index in [9.17, 15) is 4.79 Å². The zero-order chi connectivity index (χ0) is 22.6. The van der Waals surface area contributed by atoms with Crippen LogP contribution in [0.1, 0.15) is 5.56 Å². The van der Waals surface area contributed by atoms with E-state index in [1.165, 1.54) is 28.1 Å². The van der Waals surface area contributed by atoms with Crippen molar-refractivity contribution in [3.05, 3.63) is 77.3 Å². The van der Waals surface area contributed by atoms with Crippen molar-refractivity contribution in [3.8, 4) is 11.5 Å². The van der Waals surface area contributed by atoms with Gasteiger partial charge in [-0.25, -0.2) is 0 Å².